The number of nitrogens with zero attached hydrogens (tertiary/aromatic N) is 1. The van der Waals surface area contributed by atoms with Gasteiger partial charge in [0.15, 0.2) is 0 Å². The topological polar surface area (TPSA) is 15.3 Å². The van der Waals surface area contributed by atoms with Gasteiger partial charge in [0, 0.05) is 12.1 Å². The molecule has 1 aliphatic carbocycles. The molecule has 0 heterocycles. The maximum atomic E-state index is 3.32. The van der Waals surface area contributed by atoms with Gasteiger partial charge >= 0.3 is 0 Å². The van der Waals surface area contributed by atoms with Gasteiger partial charge in [-0.25, -0.2) is 0 Å². The molecule has 82 valence electrons. The predicted octanol–water partition coefficient (Wildman–Crippen LogP) is 1.30. The first-order valence-electron chi connectivity index (χ1n) is 5.57. The zero-order chi connectivity index (χ0) is 10.9. The standard InChI is InChI=1S/C13H20N2/c1-14-10-13(15(2)3)8-11-6-4-5-7-12(11)9-13/h4-7,14H,8-10H2,1-3H3. The van der Waals surface area contributed by atoms with E-state index in [2.05, 4.69) is 48.6 Å². The van der Waals surface area contributed by atoms with E-state index in [1.165, 1.54) is 11.1 Å². The molecule has 0 saturated heterocycles. The monoisotopic (exact) mass is 204 g/mol. The van der Waals surface area contributed by atoms with E-state index in [0.29, 0.717) is 0 Å². The summed E-state index contributed by atoms with van der Waals surface area (Å²) in [5.41, 5.74) is 3.31. The van der Waals surface area contributed by atoms with Gasteiger partial charge in [0.05, 0.1) is 0 Å². The molecule has 0 aromatic heterocycles. The summed E-state index contributed by atoms with van der Waals surface area (Å²) < 4.78 is 0. The van der Waals surface area contributed by atoms with Crippen LogP contribution in [0.1, 0.15) is 11.1 Å². The van der Waals surface area contributed by atoms with Crippen molar-refractivity contribution < 1.29 is 0 Å². The molecule has 0 unspecified atom stereocenters. The number of benzene rings is 1. The summed E-state index contributed by atoms with van der Waals surface area (Å²) in [5, 5.41) is 3.32. The smallest absolute Gasteiger partial charge is 0.0408 e. The Morgan fingerprint density at radius 2 is 1.73 bits per heavy atom. The minimum Gasteiger partial charge on any atom is -0.318 e. The van der Waals surface area contributed by atoms with Crippen LogP contribution in [0.25, 0.3) is 0 Å². The van der Waals surface area contributed by atoms with Gasteiger partial charge in [-0.05, 0) is 45.1 Å². The highest BCUT2D eigenvalue weighted by Gasteiger charge is 2.38. The van der Waals surface area contributed by atoms with Crippen molar-refractivity contribution in [1.29, 1.82) is 0 Å². The van der Waals surface area contributed by atoms with Crippen molar-refractivity contribution in [3.05, 3.63) is 35.4 Å². The van der Waals surface area contributed by atoms with Crippen molar-refractivity contribution in [2.45, 2.75) is 18.4 Å². The normalized spacial score (nSPS) is 18.1. The molecule has 1 aromatic carbocycles. The van der Waals surface area contributed by atoms with Crippen molar-refractivity contribution in [1.82, 2.24) is 10.2 Å². The van der Waals surface area contributed by atoms with Crippen molar-refractivity contribution in [2.75, 3.05) is 27.7 Å². The molecule has 0 spiro atoms. The largest absolute Gasteiger partial charge is 0.318 e. The number of rotatable bonds is 3. The molecule has 0 aliphatic heterocycles. The summed E-state index contributed by atoms with van der Waals surface area (Å²) >= 11 is 0. The highest BCUT2D eigenvalue weighted by atomic mass is 15.2. The van der Waals surface area contributed by atoms with E-state index in [-0.39, 0.29) is 5.54 Å². The van der Waals surface area contributed by atoms with Gasteiger partial charge in [-0.1, -0.05) is 24.3 Å². The second-order valence-electron chi connectivity index (χ2n) is 4.77. The van der Waals surface area contributed by atoms with Crippen LogP contribution in [0.4, 0.5) is 0 Å². The first-order chi connectivity index (χ1) is 7.18. The van der Waals surface area contributed by atoms with Crippen molar-refractivity contribution in [3.63, 3.8) is 0 Å². The Morgan fingerprint density at radius 3 is 2.13 bits per heavy atom. The minimum atomic E-state index is 0.276. The lowest BCUT2D eigenvalue weighted by Crippen LogP contribution is -2.51. The molecule has 1 aromatic rings. The van der Waals surface area contributed by atoms with Crippen LogP contribution in [0.3, 0.4) is 0 Å². The molecule has 0 fully saturated rings. The van der Waals surface area contributed by atoms with Crippen molar-refractivity contribution in [2.24, 2.45) is 0 Å². The van der Waals surface area contributed by atoms with E-state index in [1.54, 1.807) is 0 Å². The second kappa shape index (κ2) is 3.95. The Morgan fingerprint density at radius 1 is 1.20 bits per heavy atom. The number of nitrogens with one attached hydrogen (secondary N) is 1. The SMILES string of the molecule is CNCC1(N(C)C)Cc2ccccc2C1. The van der Waals surface area contributed by atoms with Crippen LogP contribution in [0.5, 0.6) is 0 Å². The molecule has 15 heavy (non-hydrogen) atoms. The first-order valence-corrected chi connectivity index (χ1v) is 5.57. The van der Waals surface area contributed by atoms with Crippen LogP contribution in [0.2, 0.25) is 0 Å². The number of fused-ring (bicyclic) bond motifs is 1. The van der Waals surface area contributed by atoms with Gasteiger partial charge in [0.2, 0.25) is 0 Å². The molecule has 0 saturated carbocycles. The fourth-order valence-electron chi connectivity index (χ4n) is 2.60. The van der Waals surface area contributed by atoms with Gasteiger partial charge in [0.25, 0.3) is 0 Å². The Balaban J connectivity index is 2.28. The van der Waals surface area contributed by atoms with Crippen LogP contribution in [-0.4, -0.2) is 38.1 Å². The van der Waals surface area contributed by atoms with E-state index in [0.717, 1.165) is 19.4 Å². The molecule has 0 atom stereocenters. The molecule has 2 heteroatoms. The molecular formula is C13H20N2. The molecule has 0 radical (unpaired) electrons. The summed E-state index contributed by atoms with van der Waals surface area (Å²) in [7, 11) is 6.40. The summed E-state index contributed by atoms with van der Waals surface area (Å²) in [6, 6.07) is 8.81. The zero-order valence-electron chi connectivity index (χ0n) is 9.88. The van der Waals surface area contributed by atoms with E-state index < -0.39 is 0 Å². The third-order valence-corrected chi connectivity index (χ3v) is 3.61. The fourth-order valence-corrected chi connectivity index (χ4v) is 2.60. The van der Waals surface area contributed by atoms with Gasteiger partial charge in [-0.2, -0.15) is 0 Å². The molecule has 0 amide bonds. The van der Waals surface area contributed by atoms with Crippen LogP contribution in [0, 0.1) is 0 Å². The molecular weight excluding hydrogens is 184 g/mol. The lowest BCUT2D eigenvalue weighted by Gasteiger charge is -2.36. The van der Waals surface area contributed by atoms with Gasteiger partial charge < -0.3 is 10.2 Å². The average Bonchev–Trinajstić information content (AvgIpc) is 2.57. The Kier molecular flexibility index (Phi) is 2.81. The zero-order valence-corrected chi connectivity index (χ0v) is 9.88. The third kappa shape index (κ3) is 1.80. The molecule has 1 N–H and O–H groups in total. The maximum Gasteiger partial charge on any atom is 0.0408 e. The van der Waals surface area contributed by atoms with Crippen LogP contribution < -0.4 is 5.32 Å². The first kappa shape index (κ1) is 10.7. The summed E-state index contributed by atoms with van der Waals surface area (Å²) in [4.78, 5) is 2.36. The number of likely N-dealkylation sites (N-methyl/N-ethyl adjacent to an activating group) is 2. The predicted molar refractivity (Wildman–Crippen MR) is 64.2 cm³/mol. The highest BCUT2D eigenvalue weighted by Crippen LogP contribution is 2.32. The van der Waals surface area contributed by atoms with E-state index in [4.69, 9.17) is 0 Å². The van der Waals surface area contributed by atoms with E-state index in [9.17, 15) is 0 Å². The van der Waals surface area contributed by atoms with E-state index in [1.807, 2.05) is 7.05 Å². The fraction of sp³-hybridized carbons (Fsp3) is 0.538. The van der Waals surface area contributed by atoms with Gasteiger partial charge in [-0.3, -0.25) is 0 Å². The quantitative estimate of drug-likeness (QED) is 0.798. The Labute approximate surface area is 92.3 Å². The van der Waals surface area contributed by atoms with Crippen LogP contribution in [0.15, 0.2) is 24.3 Å². The van der Waals surface area contributed by atoms with Crippen LogP contribution in [-0.2, 0) is 12.8 Å². The summed E-state index contributed by atoms with van der Waals surface area (Å²) in [6.45, 7) is 1.05. The second-order valence-corrected chi connectivity index (χ2v) is 4.77. The van der Waals surface area contributed by atoms with Crippen molar-refractivity contribution in [3.8, 4) is 0 Å². The number of hydrogen-bond acceptors (Lipinski definition) is 2. The third-order valence-electron chi connectivity index (χ3n) is 3.61. The average molecular weight is 204 g/mol. The van der Waals surface area contributed by atoms with E-state index >= 15 is 0 Å². The van der Waals surface area contributed by atoms with Gasteiger partial charge in [-0.15, -0.1) is 0 Å². The Hall–Kier alpha value is -0.860. The van der Waals surface area contributed by atoms with Crippen LogP contribution >= 0.6 is 0 Å². The van der Waals surface area contributed by atoms with Gasteiger partial charge in [0.1, 0.15) is 0 Å². The molecule has 0 bridgehead atoms. The Bertz CT molecular complexity index is 319. The minimum absolute atomic E-state index is 0.276. The lowest BCUT2D eigenvalue weighted by atomic mass is 9.94. The van der Waals surface area contributed by atoms with Crippen molar-refractivity contribution >= 4 is 0 Å². The molecule has 1 aliphatic rings. The highest BCUT2D eigenvalue weighted by molar-refractivity contribution is 5.36. The molecule has 2 nitrogen and oxygen atoms in total. The molecule has 2 rings (SSSR count). The summed E-state index contributed by atoms with van der Waals surface area (Å²) in [6.07, 6.45) is 2.33. The number of hydrogen-bond donors (Lipinski definition) is 1. The summed E-state index contributed by atoms with van der Waals surface area (Å²) in [5.74, 6) is 0. The lowest BCUT2D eigenvalue weighted by molar-refractivity contribution is 0.161. The maximum absolute atomic E-state index is 3.32.